The molecule has 3 heteroatoms. The van der Waals surface area contributed by atoms with E-state index in [1.807, 2.05) is 19.1 Å². The zero-order valence-electron chi connectivity index (χ0n) is 10.6. The lowest BCUT2D eigenvalue weighted by Crippen LogP contribution is -2.41. The Morgan fingerprint density at radius 3 is 2.89 bits per heavy atom. The highest BCUT2D eigenvalue weighted by Crippen LogP contribution is 2.21. The molecule has 2 atom stereocenters. The number of hydrogen-bond acceptors (Lipinski definition) is 2. The number of nitriles is 1. The highest BCUT2D eigenvalue weighted by Gasteiger charge is 2.23. The van der Waals surface area contributed by atoms with E-state index in [4.69, 9.17) is 5.26 Å². The molecule has 1 aliphatic rings. The first-order valence-electron chi connectivity index (χ1n) is 6.51. The van der Waals surface area contributed by atoms with Crippen molar-refractivity contribution in [2.45, 2.75) is 38.6 Å². The third-order valence-electron chi connectivity index (χ3n) is 3.57. The Kier molecular flexibility index (Phi) is 3.99. The van der Waals surface area contributed by atoms with E-state index in [1.165, 1.54) is 11.1 Å². The summed E-state index contributed by atoms with van der Waals surface area (Å²) < 4.78 is 0. The number of aryl methyl sites for hydroxylation is 1. The highest BCUT2D eigenvalue weighted by atomic mass is 16.1. The van der Waals surface area contributed by atoms with Crippen LogP contribution in [0.2, 0.25) is 0 Å². The first-order chi connectivity index (χ1) is 8.74. The number of carbonyl (C=O) groups excluding carboxylic acids is 1. The number of amides is 1. The topological polar surface area (TPSA) is 52.9 Å². The SMILES string of the molecule is CCC(C#N)C(=O)NC1CCc2ccccc2C1. The van der Waals surface area contributed by atoms with Crippen molar-refractivity contribution in [2.75, 3.05) is 0 Å². The predicted molar refractivity (Wildman–Crippen MR) is 69.8 cm³/mol. The molecule has 2 rings (SSSR count). The van der Waals surface area contributed by atoms with Crippen LogP contribution in [-0.4, -0.2) is 11.9 Å². The first kappa shape index (κ1) is 12.6. The van der Waals surface area contributed by atoms with Crippen LogP contribution in [0.15, 0.2) is 24.3 Å². The monoisotopic (exact) mass is 242 g/mol. The molecule has 0 fully saturated rings. The summed E-state index contributed by atoms with van der Waals surface area (Å²) in [7, 11) is 0. The number of nitrogens with one attached hydrogen (secondary N) is 1. The Morgan fingerprint density at radius 1 is 1.50 bits per heavy atom. The van der Waals surface area contributed by atoms with Crippen LogP contribution in [0.3, 0.4) is 0 Å². The zero-order valence-corrected chi connectivity index (χ0v) is 10.6. The van der Waals surface area contributed by atoms with Crippen molar-refractivity contribution in [2.24, 2.45) is 5.92 Å². The van der Waals surface area contributed by atoms with Gasteiger partial charge in [0, 0.05) is 6.04 Å². The highest BCUT2D eigenvalue weighted by molar-refractivity contribution is 5.81. The molecule has 1 N–H and O–H groups in total. The molecular weight excluding hydrogens is 224 g/mol. The number of hydrogen-bond donors (Lipinski definition) is 1. The van der Waals surface area contributed by atoms with Gasteiger partial charge in [0.05, 0.1) is 6.07 Å². The van der Waals surface area contributed by atoms with E-state index in [-0.39, 0.29) is 11.9 Å². The first-order valence-corrected chi connectivity index (χ1v) is 6.51. The second-order valence-corrected chi connectivity index (χ2v) is 4.81. The number of fused-ring (bicyclic) bond motifs is 1. The molecule has 1 amide bonds. The fourth-order valence-electron chi connectivity index (χ4n) is 2.46. The Hall–Kier alpha value is -1.82. The van der Waals surface area contributed by atoms with Gasteiger partial charge < -0.3 is 5.32 Å². The fourth-order valence-corrected chi connectivity index (χ4v) is 2.46. The molecule has 1 aromatic rings. The minimum atomic E-state index is -0.512. The third-order valence-corrected chi connectivity index (χ3v) is 3.57. The number of rotatable bonds is 3. The van der Waals surface area contributed by atoms with Crippen LogP contribution in [0.4, 0.5) is 0 Å². The van der Waals surface area contributed by atoms with Crippen molar-refractivity contribution < 1.29 is 4.79 Å². The lowest BCUT2D eigenvalue weighted by Gasteiger charge is -2.26. The van der Waals surface area contributed by atoms with Crippen LogP contribution in [0.25, 0.3) is 0 Å². The summed E-state index contributed by atoms with van der Waals surface area (Å²) in [6.07, 6.45) is 3.42. The van der Waals surface area contributed by atoms with Crippen LogP contribution in [0, 0.1) is 17.2 Å². The number of nitrogens with zero attached hydrogens (tertiary/aromatic N) is 1. The quantitative estimate of drug-likeness (QED) is 0.883. The van der Waals surface area contributed by atoms with Gasteiger partial charge in [0.2, 0.25) is 5.91 Å². The summed E-state index contributed by atoms with van der Waals surface area (Å²) >= 11 is 0. The van der Waals surface area contributed by atoms with Crippen molar-refractivity contribution in [1.82, 2.24) is 5.32 Å². The molecule has 0 saturated carbocycles. The fraction of sp³-hybridized carbons (Fsp3) is 0.467. The lowest BCUT2D eigenvalue weighted by molar-refractivity contribution is -0.124. The van der Waals surface area contributed by atoms with Gasteiger partial charge in [-0.1, -0.05) is 31.2 Å². The standard InChI is InChI=1S/C15H18N2O/c1-2-11(10-16)15(18)17-14-8-7-12-5-3-4-6-13(12)9-14/h3-6,11,14H,2,7-9H2,1H3,(H,17,18). The largest absolute Gasteiger partial charge is 0.352 e. The normalized spacial score (nSPS) is 19.4. The molecule has 0 heterocycles. The maximum Gasteiger partial charge on any atom is 0.237 e. The van der Waals surface area contributed by atoms with Gasteiger partial charge >= 0.3 is 0 Å². The minimum Gasteiger partial charge on any atom is -0.352 e. The zero-order chi connectivity index (χ0) is 13.0. The van der Waals surface area contributed by atoms with Crippen molar-refractivity contribution in [1.29, 1.82) is 5.26 Å². The Bertz CT molecular complexity index is 476. The molecule has 1 aromatic carbocycles. The summed E-state index contributed by atoms with van der Waals surface area (Å²) in [5.74, 6) is -0.633. The van der Waals surface area contributed by atoms with E-state index in [0.29, 0.717) is 6.42 Å². The van der Waals surface area contributed by atoms with E-state index in [9.17, 15) is 4.79 Å². The van der Waals surface area contributed by atoms with E-state index in [1.54, 1.807) is 0 Å². The lowest BCUT2D eigenvalue weighted by atomic mass is 9.88. The molecule has 0 aliphatic heterocycles. The molecule has 2 unspecified atom stereocenters. The second kappa shape index (κ2) is 5.68. The van der Waals surface area contributed by atoms with Crippen LogP contribution in [-0.2, 0) is 17.6 Å². The minimum absolute atomic E-state index is 0.121. The van der Waals surface area contributed by atoms with Crippen LogP contribution >= 0.6 is 0 Å². The third kappa shape index (κ3) is 2.70. The number of benzene rings is 1. The summed E-state index contributed by atoms with van der Waals surface area (Å²) in [6.45, 7) is 1.86. The Morgan fingerprint density at radius 2 is 2.22 bits per heavy atom. The van der Waals surface area contributed by atoms with Gasteiger partial charge in [0.15, 0.2) is 0 Å². The van der Waals surface area contributed by atoms with Gasteiger partial charge in [-0.25, -0.2) is 0 Å². The van der Waals surface area contributed by atoms with Gasteiger partial charge in [0.1, 0.15) is 5.92 Å². The van der Waals surface area contributed by atoms with Crippen LogP contribution in [0.5, 0.6) is 0 Å². The van der Waals surface area contributed by atoms with Gasteiger partial charge in [-0.3, -0.25) is 4.79 Å². The molecule has 0 spiro atoms. The molecule has 18 heavy (non-hydrogen) atoms. The van der Waals surface area contributed by atoms with Gasteiger partial charge in [0.25, 0.3) is 0 Å². The van der Waals surface area contributed by atoms with Crippen molar-refractivity contribution in [3.63, 3.8) is 0 Å². The molecule has 0 saturated heterocycles. The van der Waals surface area contributed by atoms with E-state index in [2.05, 4.69) is 23.5 Å². The summed E-state index contributed by atoms with van der Waals surface area (Å²) in [6, 6.07) is 10.6. The molecule has 0 aromatic heterocycles. The van der Waals surface area contributed by atoms with Gasteiger partial charge in [-0.2, -0.15) is 5.26 Å². The molecule has 1 aliphatic carbocycles. The molecular formula is C15H18N2O. The van der Waals surface area contributed by atoms with E-state index >= 15 is 0 Å². The Balaban J connectivity index is 1.98. The second-order valence-electron chi connectivity index (χ2n) is 4.81. The van der Waals surface area contributed by atoms with E-state index in [0.717, 1.165) is 19.3 Å². The van der Waals surface area contributed by atoms with Crippen molar-refractivity contribution >= 4 is 5.91 Å². The number of carbonyl (C=O) groups is 1. The summed E-state index contributed by atoms with van der Waals surface area (Å²) in [4.78, 5) is 11.9. The molecule has 3 nitrogen and oxygen atoms in total. The van der Waals surface area contributed by atoms with E-state index < -0.39 is 5.92 Å². The average Bonchev–Trinajstić information content (AvgIpc) is 2.40. The van der Waals surface area contributed by atoms with Crippen LogP contribution in [0.1, 0.15) is 30.9 Å². The van der Waals surface area contributed by atoms with Crippen molar-refractivity contribution in [3.8, 4) is 6.07 Å². The maximum atomic E-state index is 11.9. The maximum absolute atomic E-state index is 11.9. The summed E-state index contributed by atoms with van der Waals surface area (Å²) in [5, 5.41) is 11.9. The molecule has 94 valence electrons. The van der Waals surface area contributed by atoms with Gasteiger partial charge in [-0.05, 0) is 36.8 Å². The molecule has 0 radical (unpaired) electrons. The Labute approximate surface area is 108 Å². The average molecular weight is 242 g/mol. The predicted octanol–water partition coefficient (Wildman–Crippen LogP) is 2.21. The molecule has 0 bridgehead atoms. The van der Waals surface area contributed by atoms with Crippen molar-refractivity contribution in [3.05, 3.63) is 35.4 Å². The van der Waals surface area contributed by atoms with Crippen LogP contribution < -0.4 is 5.32 Å². The van der Waals surface area contributed by atoms with Gasteiger partial charge in [-0.15, -0.1) is 0 Å². The summed E-state index contributed by atoms with van der Waals surface area (Å²) in [5.41, 5.74) is 2.70. The smallest absolute Gasteiger partial charge is 0.237 e.